The number of carbonyl (C=O) groups is 4. The standard InChI is InChI=1S/C18H20O8/c1-7(19)25-15-11-9-5-6-10(12(11)16(15)26-8(2)20)14(18(22)24-4)13(9)17(21)23-3/h5-6,9-12,15-16H,1-4H3/t9-,10-,11-,12+,15-,16+/m0/s1. The van der Waals surface area contributed by atoms with E-state index < -0.39 is 47.9 Å². The van der Waals surface area contributed by atoms with Crippen LogP contribution in [0.4, 0.5) is 0 Å². The van der Waals surface area contributed by atoms with Crippen molar-refractivity contribution in [1.82, 2.24) is 0 Å². The highest BCUT2D eigenvalue weighted by molar-refractivity contribution is 6.02. The third-order valence-corrected chi connectivity index (χ3v) is 5.25. The fourth-order valence-electron chi connectivity index (χ4n) is 4.44. The lowest BCUT2D eigenvalue weighted by Gasteiger charge is -2.59. The highest BCUT2D eigenvalue weighted by Crippen LogP contribution is 2.59. The lowest BCUT2D eigenvalue weighted by molar-refractivity contribution is -0.223. The Morgan fingerprint density at radius 2 is 1.08 bits per heavy atom. The first-order valence-electron chi connectivity index (χ1n) is 8.25. The predicted molar refractivity (Wildman–Crippen MR) is 85.3 cm³/mol. The second-order valence-corrected chi connectivity index (χ2v) is 6.55. The average molecular weight is 364 g/mol. The van der Waals surface area contributed by atoms with E-state index >= 15 is 0 Å². The van der Waals surface area contributed by atoms with Gasteiger partial charge in [-0.3, -0.25) is 9.59 Å². The van der Waals surface area contributed by atoms with Gasteiger partial charge in [-0.2, -0.15) is 0 Å². The molecular weight excluding hydrogens is 344 g/mol. The number of carbonyl (C=O) groups excluding carboxylic acids is 4. The van der Waals surface area contributed by atoms with Crippen molar-refractivity contribution >= 4 is 23.9 Å². The van der Waals surface area contributed by atoms with Crippen molar-refractivity contribution in [2.75, 3.05) is 14.2 Å². The summed E-state index contributed by atoms with van der Waals surface area (Å²) in [5.41, 5.74) is 0.429. The van der Waals surface area contributed by atoms with Crippen LogP contribution in [0.25, 0.3) is 0 Å². The molecule has 26 heavy (non-hydrogen) atoms. The fourth-order valence-corrected chi connectivity index (χ4v) is 4.44. The smallest absolute Gasteiger partial charge is 0.334 e. The summed E-state index contributed by atoms with van der Waals surface area (Å²) in [5, 5.41) is 0. The maximum atomic E-state index is 12.3. The van der Waals surface area contributed by atoms with E-state index in [1.165, 1.54) is 28.1 Å². The van der Waals surface area contributed by atoms with Crippen molar-refractivity contribution in [3.8, 4) is 0 Å². The average Bonchev–Trinajstić information content (AvgIpc) is 2.61. The van der Waals surface area contributed by atoms with Crippen LogP contribution in [-0.2, 0) is 38.1 Å². The SMILES string of the molecule is COC(=O)C1=C(C(=O)OC)[C@H]2C=C[C@H]1[C@@H]1[C@H](OC(C)=O)[C@H](OC(C)=O)[C@@H]12. The number of hydrogen-bond donors (Lipinski definition) is 0. The van der Waals surface area contributed by atoms with Gasteiger partial charge in [0.25, 0.3) is 0 Å². The van der Waals surface area contributed by atoms with E-state index in [4.69, 9.17) is 18.9 Å². The Hall–Kier alpha value is -2.64. The minimum absolute atomic E-state index is 0.214. The molecule has 0 saturated heterocycles. The van der Waals surface area contributed by atoms with Crippen LogP contribution in [0.15, 0.2) is 23.3 Å². The van der Waals surface area contributed by atoms with E-state index in [0.29, 0.717) is 0 Å². The lowest BCUT2D eigenvalue weighted by Crippen LogP contribution is -2.67. The van der Waals surface area contributed by atoms with Crippen LogP contribution in [0.5, 0.6) is 0 Å². The van der Waals surface area contributed by atoms with Gasteiger partial charge >= 0.3 is 23.9 Å². The Kier molecular flexibility index (Phi) is 4.60. The number of methoxy groups -OCH3 is 2. The van der Waals surface area contributed by atoms with E-state index in [0.717, 1.165) is 0 Å². The quantitative estimate of drug-likeness (QED) is 0.405. The van der Waals surface area contributed by atoms with Crippen LogP contribution in [0.3, 0.4) is 0 Å². The predicted octanol–water partition coefficient (Wildman–Crippen LogP) is 0.554. The van der Waals surface area contributed by atoms with Crippen LogP contribution in [0.2, 0.25) is 0 Å². The number of rotatable bonds is 4. The van der Waals surface area contributed by atoms with Gasteiger partial charge in [0.15, 0.2) is 0 Å². The topological polar surface area (TPSA) is 105 Å². The third kappa shape index (κ3) is 2.60. The van der Waals surface area contributed by atoms with Crippen molar-refractivity contribution in [2.24, 2.45) is 23.7 Å². The van der Waals surface area contributed by atoms with Gasteiger partial charge in [-0.05, 0) is 0 Å². The molecule has 1 fully saturated rings. The molecule has 4 aliphatic carbocycles. The normalized spacial score (nSPS) is 33.7. The van der Waals surface area contributed by atoms with Crippen molar-refractivity contribution in [3.05, 3.63) is 23.3 Å². The molecule has 8 heteroatoms. The summed E-state index contributed by atoms with van der Waals surface area (Å²) in [5.74, 6) is -3.78. The van der Waals surface area contributed by atoms with Crippen molar-refractivity contribution in [1.29, 1.82) is 0 Å². The number of esters is 4. The van der Waals surface area contributed by atoms with Gasteiger partial charge in [-0.1, -0.05) is 12.2 Å². The molecule has 4 aliphatic rings. The Balaban J connectivity index is 2.06. The zero-order valence-corrected chi connectivity index (χ0v) is 14.9. The summed E-state index contributed by atoms with van der Waals surface area (Å²) in [6.45, 7) is 2.54. The highest BCUT2D eigenvalue weighted by atomic mass is 16.6. The zero-order valence-electron chi connectivity index (χ0n) is 14.9. The van der Waals surface area contributed by atoms with Crippen LogP contribution >= 0.6 is 0 Å². The molecule has 0 aliphatic heterocycles. The molecule has 4 rings (SSSR count). The van der Waals surface area contributed by atoms with Gasteiger partial charge < -0.3 is 18.9 Å². The van der Waals surface area contributed by atoms with Gasteiger partial charge in [0.2, 0.25) is 0 Å². The lowest BCUT2D eigenvalue weighted by atomic mass is 9.48. The summed E-state index contributed by atoms with van der Waals surface area (Å²) in [6.07, 6.45) is 2.26. The monoisotopic (exact) mass is 364 g/mol. The van der Waals surface area contributed by atoms with Crippen LogP contribution < -0.4 is 0 Å². The molecule has 0 unspecified atom stereocenters. The van der Waals surface area contributed by atoms with Crippen LogP contribution in [0.1, 0.15) is 13.8 Å². The molecule has 0 aromatic carbocycles. The molecular formula is C18H20O8. The molecule has 1 saturated carbocycles. The summed E-state index contributed by atoms with van der Waals surface area (Å²) < 4.78 is 20.4. The Bertz CT molecular complexity index is 673. The minimum atomic E-state index is -0.683. The summed E-state index contributed by atoms with van der Waals surface area (Å²) in [4.78, 5) is 47.7. The Morgan fingerprint density at radius 1 is 0.731 bits per heavy atom. The van der Waals surface area contributed by atoms with E-state index in [9.17, 15) is 19.2 Å². The van der Waals surface area contributed by atoms with Crippen molar-refractivity contribution in [2.45, 2.75) is 26.1 Å². The highest BCUT2D eigenvalue weighted by Gasteiger charge is 2.66. The van der Waals surface area contributed by atoms with Crippen molar-refractivity contribution in [3.63, 3.8) is 0 Å². The maximum absolute atomic E-state index is 12.3. The van der Waals surface area contributed by atoms with Crippen LogP contribution in [0, 0.1) is 23.7 Å². The molecule has 0 N–H and O–H groups in total. The molecule has 6 atom stereocenters. The summed E-state index contributed by atoms with van der Waals surface area (Å²) in [6, 6.07) is 0. The molecule has 0 aromatic heterocycles. The molecule has 0 radical (unpaired) electrons. The fraction of sp³-hybridized carbons (Fsp3) is 0.556. The largest absolute Gasteiger partial charge is 0.466 e. The van der Waals surface area contributed by atoms with Crippen molar-refractivity contribution < 1.29 is 38.1 Å². The number of ether oxygens (including phenoxy) is 4. The zero-order chi connectivity index (χ0) is 19.2. The van der Waals surface area contributed by atoms with Gasteiger partial charge in [0.1, 0.15) is 12.2 Å². The molecule has 0 amide bonds. The molecule has 140 valence electrons. The van der Waals surface area contributed by atoms with E-state index in [2.05, 4.69) is 0 Å². The Morgan fingerprint density at radius 3 is 1.35 bits per heavy atom. The van der Waals surface area contributed by atoms with Gasteiger partial charge in [0.05, 0.1) is 25.4 Å². The number of allylic oxidation sites excluding steroid dienone is 2. The maximum Gasteiger partial charge on any atom is 0.334 e. The summed E-state index contributed by atoms with van der Waals surface area (Å²) in [7, 11) is 2.47. The first-order valence-corrected chi connectivity index (χ1v) is 8.25. The van der Waals surface area contributed by atoms with Gasteiger partial charge in [-0.25, -0.2) is 9.59 Å². The molecule has 2 bridgehead atoms. The van der Waals surface area contributed by atoms with E-state index in [1.807, 2.05) is 12.2 Å². The third-order valence-electron chi connectivity index (χ3n) is 5.25. The second-order valence-electron chi connectivity index (χ2n) is 6.55. The van der Waals surface area contributed by atoms with Gasteiger partial charge in [-0.15, -0.1) is 0 Å². The van der Waals surface area contributed by atoms with Crippen LogP contribution in [-0.4, -0.2) is 50.3 Å². The molecule has 8 nitrogen and oxygen atoms in total. The second kappa shape index (κ2) is 6.59. The van der Waals surface area contributed by atoms with E-state index in [-0.39, 0.29) is 23.0 Å². The number of hydrogen-bond acceptors (Lipinski definition) is 8. The minimum Gasteiger partial charge on any atom is -0.466 e. The van der Waals surface area contributed by atoms with Gasteiger partial charge in [0, 0.05) is 37.5 Å². The first-order chi connectivity index (χ1) is 12.3. The molecule has 0 aromatic rings. The van der Waals surface area contributed by atoms with E-state index in [1.54, 1.807) is 0 Å². The molecule has 0 heterocycles. The Labute approximate surface area is 150 Å². The first kappa shape index (κ1) is 18.2. The summed E-state index contributed by atoms with van der Waals surface area (Å²) >= 11 is 0. The molecule has 0 spiro atoms.